The number of hydrogen-bond donors (Lipinski definition) is 1. The SMILES string of the molecule is O=[N+]([O-])c1ccc(OCc2csc(Nc3ccccc3)n2)cc1. The number of thiazole rings is 1. The van der Waals surface area contributed by atoms with Crippen molar-refractivity contribution in [1.29, 1.82) is 0 Å². The first-order chi connectivity index (χ1) is 11.2. The number of benzene rings is 2. The second-order valence-electron chi connectivity index (χ2n) is 4.67. The highest BCUT2D eigenvalue weighted by atomic mass is 32.1. The highest BCUT2D eigenvalue weighted by Gasteiger charge is 2.06. The first kappa shape index (κ1) is 15.0. The van der Waals surface area contributed by atoms with E-state index in [0.717, 1.165) is 16.5 Å². The van der Waals surface area contributed by atoms with Crippen LogP contribution >= 0.6 is 11.3 Å². The Morgan fingerprint density at radius 2 is 1.87 bits per heavy atom. The zero-order chi connectivity index (χ0) is 16.1. The molecule has 0 fully saturated rings. The van der Waals surface area contributed by atoms with Gasteiger partial charge in [0, 0.05) is 23.2 Å². The van der Waals surface area contributed by atoms with Crippen LogP contribution in [0.1, 0.15) is 5.69 Å². The van der Waals surface area contributed by atoms with E-state index in [1.165, 1.54) is 23.5 Å². The Morgan fingerprint density at radius 1 is 1.13 bits per heavy atom. The van der Waals surface area contributed by atoms with Gasteiger partial charge < -0.3 is 10.1 Å². The zero-order valence-electron chi connectivity index (χ0n) is 12.0. The molecular weight excluding hydrogens is 314 g/mol. The van der Waals surface area contributed by atoms with E-state index in [4.69, 9.17) is 4.74 Å². The van der Waals surface area contributed by atoms with Gasteiger partial charge in [-0.15, -0.1) is 11.3 Å². The van der Waals surface area contributed by atoms with E-state index in [0.29, 0.717) is 12.4 Å². The normalized spacial score (nSPS) is 10.3. The van der Waals surface area contributed by atoms with Crippen LogP contribution in [0.25, 0.3) is 0 Å². The summed E-state index contributed by atoms with van der Waals surface area (Å²) in [7, 11) is 0. The van der Waals surface area contributed by atoms with Crippen LogP contribution in [0.2, 0.25) is 0 Å². The largest absolute Gasteiger partial charge is 0.487 e. The van der Waals surface area contributed by atoms with Gasteiger partial charge in [0.15, 0.2) is 5.13 Å². The number of rotatable bonds is 6. The van der Waals surface area contributed by atoms with E-state index in [-0.39, 0.29) is 5.69 Å². The lowest BCUT2D eigenvalue weighted by atomic mass is 10.3. The Labute approximate surface area is 136 Å². The van der Waals surface area contributed by atoms with Crippen molar-refractivity contribution in [3.63, 3.8) is 0 Å². The smallest absolute Gasteiger partial charge is 0.269 e. The zero-order valence-corrected chi connectivity index (χ0v) is 12.8. The molecule has 0 saturated carbocycles. The molecule has 116 valence electrons. The molecule has 0 aliphatic rings. The molecule has 0 radical (unpaired) electrons. The number of nitrogens with one attached hydrogen (secondary N) is 1. The summed E-state index contributed by atoms with van der Waals surface area (Å²) in [6, 6.07) is 15.8. The number of non-ortho nitro benzene ring substituents is 1. The van der Waals surface area contributed by atoms with Crippen molar-refractivity contribution in [2.75, 3.05) is 5.32 Å². The summed E-state index contributed by atoms with van der Waals surface area (Å²) in [6.07, 6.45) is 0. The molecule has 7 heteroatoms. The number of para-hydroxylation sites is 1. The van der Waals surface area contributed by atoms with Crippen LogP contribution in [-0.4, -0.2) is 9.91 Å². The first-order valence-corrected chi connectivity index (χ1v) is 7.72. The van der Waals surface area contributed by atoms with E-state index < -0.39 is 4.92 Å². The quantitative estimate of drug-likeness (QED) is 0.537. The molecular formula is C16H13N3O3S. The number of nitrogens with zero attached hydrogens (tertiary/aromatic N) is 2. The van der Waals surface area contributed by atoms with Gasteiger partial charge in [0.25, 0.3) is 5.69 Å². The maximum atomic E-state index is 10.6. The number of hydrogen-bond acceptors (Lipinski definition) is 6. The van der Waals surface area contributed by atoms with Crippen LogP contribution in [0.4, 0.5) is 16.5 Å². The summed E-state index contributed by atoms with van der Waals surface area (Å²) in [6.45, 7) is 0.310. The molecule has 1 aromatic heterocycles. The molecule has 1 heterocycles. The van der Waals surface area contributed by atoms with Crippen LogP contribution in [0, 0.1) is 10.1 Å². The Bertz CT molecular complexity index is 788. The van der Waals surface area contributed by atoms with Gasteiger partial charge in [0.05, 0.1) is 10.6 Å². The highest BCUT2D eigenvalue weighted by molar-refractivity contribution is 7.13. The standard InChI is InChI=1S/C16H13N3O3S/c20-19(21)14-6-8-15(9-7-14)22-10-13-11-23-16(18-13)17-12-4-2-1-3-5-12/h1-9,11H,10H2,(H,17,18). The van der Waals surface area contributed by atoms with E-state index >= 15 is 0 Å². The number of ether oxygens (including phenoxy) is 1. The second-order valence-corrected chi connectivity index (χ2v) is 5.53. The number of nitro groups is 1. The number of nitro benzene ring substituents is 1. The lowest BCUT2D eigenvalue weighted by Gasteiger charge is -2.04. The van der Waals surface area contributed by atoms with Gasteiger partial charge in [-0.3, -0.25) is 10.1 Å². The Kier molecular flexibility index (Phi) is 4.49. The van der Waals surface area contributed by atoms with E-state index in [1.54, 1.807) is 12.1 Å². The Balaban J connectivity index is 1.57. The van der Waals surface area contributed by atoms with Gasteiger partial charge in [-0.1, -0.05) is 18.2 Å². The van der Waals surface area contributed by atoms with Crippen molar-refractivity contribution in [3.8, 4) is 5.75 Å². The number of anilines is 2. The van der Waals surface area contributed by atoms with Crippen LogP contribution in [-0.2, 0) is 6.61 Å². The molecule has 0 bridgehead atoms. The van der Waals surface area contributed by atoms with Gasteiger partial charge in [0.1, 0.15) is 12.4 Å². The van der Waals surface area contributed by atoms with Gasteiger partial charge in [-0.25, -0.2) is 4.98 Å². The summed E-state index contributed by atoms with van der Waals surface area (Å²) in [4.78, 5) is 14.6. The van der Waals surface area contributed by atoms with Crippen LogP contribution in [0.3, 0.4) is 0 Å². The summed E-state index contributed by atoms with van der Waals surface area (Å²) in [5.41, 5.74) is 1.82. The molecule has 0 aliphatic carbocycles. The molecule has 0 atom stereocenters. The van der Waals surface area contributed by atoms with Crippen LogP contribution in [0.5, 0.6) is 5.75 Å². The predicted molar refractivity (Wildman–Crippen MR) is 89.3 cm³/mol. The monoisotopic (exact) mass is 327 g/mol. The summed E-state index contributed by atoms with van der Waals surface area (Å²) < 4.78 is 5.58. The summed E-state index contributed by atoms with van der Waals surface area (Å²) in [5, 5.41) is 16.5. The van der Waals surface area contributed by atoms with Crippen molar-refractivity contribution in [2.45, 2.75) is 6.61 Å². The third kappa shape index (κ3) is 4.04. The minimum atomic E-state index is -0.439. The Hall–Kier alpha value is -2.93. The van der Waals surface area contributed by atoms with Gasteiger partial charge >= 0.3 is 0 Å². The van der Waals surface area contributed by atoms with Crippen LogP contribution in [0.15, 0.2) is 60.0 Å². The minimum Gasteiger partial charge on any atom is -0.487 e. The minimum absolute atomic E-state index is 0.0420. The van der Waals surface area contributed by atoms with Crippen molar-refractivity contribution in [3.05, 3.63) is 75.8 Å². The average Bonchev–Trinajstić information content (AvgIpc) is 3.02. The first-order valence-electron chi connectivity index (χ1n) is 6.84. The van der Waals surface area contributed by atoms with Crippen molar-refractivity contribution >= 4 is 27.8 Å². The van der Waals surface area contributed by atoms with Crippen molar-refractivity contribution < 1.29 is 9.66 Å². The van der Waals surface area contributed by atoms with E-state index in [2.05, 4.69) is 10.3 Å². The molecule has 2 aromatic carbocycles. The third-order valence-electron chi connectivity index (χ3n) is 3.01. The van der Waals surface area contributed by atoms with E-state index in [9.17, 15) is 10.1 Å². The molecule has 3 aromatic rings. The fourth-order valence-electron chi connectivity index (χ4n) is 1.90. The maximum absolute atomic E-state index is 10.6. The maximum Gasteiger partial charge on any atom is 0.269 e. The van der Waals surface area contributed by atoms with Crippen molar-refractivity contribution in [1.82, 2.24) is 4.98 Å². The van der Waals surface area contributed by atoms with Crippen molar-refractivity contribution in [2.24, 2.45) is 0 Å². The van der Waals surface area contributed by atoms with Gasteiger partial charge in [-0.2, -0.15) is 0 Å². The third-order valence-corrected chi connectivity index (χ3v) is 3.82. The molecule has 6 nitrogen and oxygen atoms in total. The predicted octanol–water partition coefficient (Wildman–Crippen LogP) is 4.37. The fraction of sp³-hybridized carbons (Fsp3) is 0.0625. The average molecular weight is 327 g/mol. The van der Waals surface area contributed by atoms with Gasteiger partial charge in [-0.05, 0) is 24.3 Å². The fourth-order valence-corrected chi connectivity index (χ4v) is 2.61. The summed E-state index contributed by atoms with van der Waals surface area (Å²) in [5.74, 6) is 0.571. The Morgan fingerprint density at radius 3 is 2.57 bits per heavy atom. The number of aromatic nitrogens is 1. The molecule has 0 unspecified atom stereocenters. The van der Waals surface area contributed by atoms with Gasteiger partial charge in [0.2, 0.25) is 0 Å². The molecule has 0 saturated heterocycles. The topological polar surface area (TPSA) is 77.3 Å². The van der Waals surface area contributed by atoms with E-state index in [1.807, 2.05) is 35.7 Å². The highest BCUT2D eigenvalue weighted by Crippen LogP contribution is 2.22. The molecule has 1 N–H and O–H groups in total. The lowest BCUT2D eigenvalue weighted by Crippen LogP contribution is -1.97. The molecule has 0 amide bonds. The molecule has 0 aliphatic heterocycles. The second kappa shape index (κ2) is 6.89. The summed E-state index contributed by atoms with van der Waals surface area (Å²) >= 11 is 1.49. The molecule has 3 rings (SSSR count). The molecule has 0 spiro atoms. The van der Waals surface area contributed by atoms with Crippen LogP contribution < -0.4 is 10.1 Å². The lowest BCUT2D eigenvalue weighted by molar-refractivity contribution is -0.384. The molecule has 23 heavy (non-hydrogen) atoms.